The van der Waals surface area contributed by atoms with Crippen molar-refractivity contribution in [2.75, 3.05) is 5.32 Å². The Hall–Kier alpha value is -3.23. The predicted molar refractivity (Wildman–Crippen MR) is 123 cm³/mol. The second-order valence-corrected chi connectivity index (χ2v) is 8.53. The van der Waals surface area contributed by atoms with Crippen LogP contribution in [0.3, 0.4) is 0 Å². The van der Waals surface area contributed by atoms with E-state index in [1.807, 2.05) is 54.8 Å². The van der Waals surface area contributed by atoms with Crippen molar-refractivity contribution < 1.29 is 4.79 Å². The van der Waals surface area contributed by atoms with Crippen LogP contribution in [0.5, 0.6) is 0 Å². The number of nitrogens with one attached hydrogen (secondary N) is 1. The molecule has 0 spiro atoms. The zero-order valence-electron chi connectivity index (χ0n) is 16.9. The number of aryl methyl sites for hydroxylation is 1. The number of rotatable bonds is 6. The summed E-state index contributed by atoms with van der Waals surface area (Å²) in [6.07, 6.45) is 4.95. The Kier molecular flexibility index (Phi) is 6.29. The first-order valence-electron chi connectivity index (χ1n) is 9.54. The molecule has 0 aliphatic heterocycles. The number of hydrogen-bond donors (Lipinski definition) is 1. The SMILES string of the molecule is Cc1ccccc1-n1c(SC(C)C(=O)Nc2ccc(Cl)cn2)nnc1-c1cccnc1. The van der Waals surface area contributed by atoms with Crippen LogP contribution < -0.4 is 5.32 Å². The zero-order chi connectivity index (χ0) is 21.8. The zero-order valence-corrected chi connectivity index (χ0v) is 18.4. The monoisotopic (exact) mass is 450 g/mol. The number of hydrogen-bond acceptors (Lipinski definition) is 6. The van der Waals surface area contributed by atoms with E-state index in [2.05, 4.69) is 25.5 Å². The third kappa shape index (κ3) is 4.76. The average Bonchev–Trinajstić information content (AvgIpc) is 3.19. The molecule has 156 valence electrons. The van der Waals surface area contributed by atoms with Crippen molar-refractivity contribution in [2.45, 2.75) is 24.3 Å². The van der Waals surface area contributed by atoms with E-state index in [0.717, 1.165) is 16.8 Å². The van der Waals surface area contributed by atoms with Gasteiger partial charge in [-0.3, -0.25) is 14.3 Å². The van der Waals surface area contributed by atoms with Crippen LogP contribution in [0.2, 0.25) is 5.02 Å². The van der Waals surface area contributed by atoms with Crippen molar-refractivity contribution in [1.29, 1.82) is 0 Å². The topological polar surface area (TPSA) is 85.6 Å². The molecule has 0 saturated heterocycles. The highest BCUT2D eigenvalue weighted by Crippen LogP contribution is 2.31. The summed E-state index contributed by atoms with van der Waals surface area (Å²) in [7, 11) is 0. The number of aromatic nitrogens is 5. The third-order valence-electron chi connectivity index (χ3n) is 4.54. The maximum absolute atomic E-state index is 12.7. The van der Waals surface area contributed by atoms with Crippen LogP contribution in [0.4, 0.5) is 5.82 Å². The summed E-state index contributed by atoms with van der Waals surface area (Å²) in [6.45, 7) is 3.84. The highest BCUT2D eigenvalue weighted by atomic mass is 35.5. The van der Waals surface area contributed by atoms with Crippen molar-refractivity contribution in [1.82, 2.24) is 24.7 Å². The highest BCUT2D eigenvalue weighted by Gasteiger charge is 2.23. The number of para-hydroxylation sites is 1. The van der Waals surface area contributed by atoms with Gasteiger partial charge < -0.3 is 5.32 Å². The smallest absolute Gasteiger partial charge is 0.238 e. The second kappa shape index (κ2) is 9.28. The van der Waals surface area contributed by atoms with Gasteiger partial charge in [-0.15, -0.1) is 10.2 Å². The van der Waals surface area contributed by atoms with Crippen LogP contribution in [0.1, 0.15) is 12.5 Å². The van der Waals surface area contributed by atoms with Gasteiger partial charge in [-0.25, -0.2) is 4.98 Å². The first-order chi connectivity index (χ1) is 15.0. The minimum atomic E-state index is -0.439. The minimum absolute atomic E-state index is 0.193. The standard InChI is InChI=1S/C22H19ClN6OS/c1-14-6-3-4-8-18(14)29-20(16-7-5-11-24-12-16)27-28-22(29)31-15(2)21(30)26-19-10-9-17(23)13-25-19/h3-13,15H,1-2H3,(H,25,26,30). The fourth-order valence-corrected chi connectivity index (χ4v) is 3.92. The van der Waals surface area contributed by atoms with Crippen LogP contribution in [-0.2, 0) is 4.79 Å². The van der Waals surface area contributed by atoms with E-state index in [-0.39, 0.29) is 5.91 Å². The summed E-state index contributed by atoms with van der Waals surface area (Å²) in [5.74, 6) is 0.914. The molecule has 31 heavy (non-hydrogen) atoms. The van der Waals surface area contributed by atoms with E-state index in [9.17, 15) is 4.79 Å². The molecule has 1 amide bonds. The number of carbonyl (C=O) groups is 1. The molecular weight excluding hydrogens is 432 g/mol. The molecule has 0 radical (unpaired) electrons. The van der Waals surface area contributed by atoms with Gasteiger partial charge in [0.15, 0.2) is 11.0 Å². The number of amides is 1. The summed E-state index contributed by atoms with van der Waals surface area (Å²) in [4.78, 5) is 21.0. The van der Waals surface area contributed by atoms with Gasteiger partial charge in [-0.05, 0) is 49.7 Å². The summed E-state index contributed by atoms with van der Waals surface area (Å²) in [6, 6.07) is 15.1. The minimum Gasteiger partial charge on any atom is -0.310 e. The van der Waals surface area contributed by atoms with Crippen LogP contribution >= 0.6 is 23.4 Å². The molecule has 0 fully saturated rings. The first-order valence-corrected chi connectivity index (χ1v) is 10.8. The maximum Gasteiger partial charge on any atom is 0.238 e. The van der Waals surface area contributed by atoms with Crippen molar-refractivity contribution in [3.8, 4) is 17.1 Å². The molecule has 0 aliphatic rings. The highest BCUT2D eigenvalue weighted by molar-refractivity contribution is 8.00. The third-order valence-corrected chi connectivity index (χ3v) is 5.81. The fourth-order valence-electron chi connectivity index (χ4n) is 2.95. The lowest BCUT2D eigenvalue weighted by Crippen LogP contribution is -2.23. The summed E-state index contributed by atoms with van der Waals surface area (Å²) in [5, 5.41) is 12.3. The summed E-state index contributed by atoms with van der Waals surface area (Å²) < 4.78 is 1.96. The molecule has 1 aromatic carbocycles. The van der Waals surface area contributed by atoms with E-state index in [1.165, 1.54) is 18.0 Å². The number of thioether (sulfide) groups is 1. The normalized spacial score (nSPS) is 11.8. The molecule has 4 rings (SSSR count). The quantitative estimate of drug-likeness (QED) is 0.424. The van der Waals surface area contributed by atoms with E-state index in [4.69, 9.17) is 11.6 Å². The number of carbonyl (C=O) groups excluding carboxylic acids is 1. The summed E-state index contributed by atoms with van der Waals surface area (Å²) in [5.41, 5.74) is 2.85. The number of halogens is 1. The molecule has 0 bridgehead atoms. The Bertz CT molecular complexity index is 1200. The van der Waals surface area contributed by atoms with Gasteiger partial charge in [-0.2, -0.15) is 0 Å². The Morgan fingerprint density at radius 2 is 1.94 bits per heavy atom. The van der Waals surface area contributed by atoms with Crippen molar-refractivity contribution in [2.24, 2.45) is 0 Å². The van der Waals surface area contributed by atoms with E-state index in [0.29, 0.717) is 21.8 Å². The molecule has 4 aromatic rings. The first kappa shape index (κ1) is 21.0. The molecule has 3 heterocycles. The fraction of sp³-hybridized carbons (Fsp3) is 0.136. The number of pyridine rings is 2. The predicted octanol–water partition coefficient (Wildman–Crippen LogP) is 4.81. The molecule has 1 unspecified atom stereocenters. The lowest BCUT2D eigenvalue weighted by molar-refractivity contribution is -0.115. The van der Waals surface area contributed by atoms with Crippen LogP contribution in [0.25, 0.3) is 17.1 Å². The van der Waals surface area contributed by atoms with E-state index in [1.54, 1.807) is 24.5 Å². The lowest BCUT2D eigenvalue weighted by Gasteiger charge is -2.15. The molecule has 3 aromatic heterocycles. The molecule has 0 saturated carbocycles. The Labute approximate surface area is 188 Å². The van der Waals surface area contributed by atoms with Crippen LogP contribution in [0, 0.1) is 6.92 Å². The molecular formula is C22H19ClN6OS. The molecule has 9 heteroatoms. The van der Waals surface area contributed by atoms with Gasteiger partial charge >= 0.3 is 0 Å². The Balaban J connectivity index is 1.65. The molecule has 7 nitrogen and oxygen atoms in total. The number of nitrogens with zero attached hydrogens (tertiary/aromatic N) is 5. The van der Waals surface area contributed by atoms with Gasteiger partial charge in [0, 0.05) is 24.2 Å². The molecule has 1 N–H and O–H groups in total. The molecule has 1 atom stereocenters. The van der Waals surface area contributed by atoms with Crippen molar-refractivity contribution >= 4 is 35.1 Å². The summed E-state index contributed by atoms with van der Waals surface area (Å²) >= 11 is 7.18. The van der Waals surface area contributed by atoms with Gasteiger partial charge in [0.2, 0.25) is 5.91 Å². The second-order valence-electron chi connectivity index (χ2n) is 6.78. The van der Waals surface area contributed by atoms with E-state index < -0.39 is 5.25 Å². The van der Waals surface area contributed by atoms with Gasteiger partial charge in [0.25, 0.3) is 0 Å². The number of benzene rings is 1. The van der Waals surface area contributed by atoms with E-state index >= 15 is 0 Å². The van der Waals surface area contributed by atoms with Gasteiger partial charge in [-0.1, -0.05) is 41.6 Å². The van der Waals surface area contributed by atoms with Crippen LogP contribution in [-0.4, -0.2) is 35.9 Å². The van der Waals surface area contributed by atoms with Gasteiger partial charge in [0.05, 0.1) is 16.0 Å². The van der Waals surface area contributed by atoms with Crippen LogP contribution in [0.15, 0.2) is 72.3 Å². The van der Waals surface area contributed by atoms with Gasteiger partial charge in [0.1, 0.15) is 5.82 Å². The largest absolute Gasteiger partial charge is 0.310 e. The Morgan fingerprint density at radius 1 is 1.10 bits per heavy atom. The Morgan fingerprint density at radius 3 is 2.65 bits per heavy atom. The number of anilines is 1. The lowest BCUT2D eigenvalue weighted by atomic mass is 10.2. The van der Waals surface area contributed by atoms with Crippen molar-refractivity contribution in [3.05, 3.63) is 77.7 Å². The average molecular weight is 451 g/mol. The van der Waals surface area contributed by atoms with Crippen molar-refractivity contribution in [3.63, 3.8) is 0 Å². The maximum atomic E-state index is 12.7. The molecule has 0 aliphatic carbocycles.